The molecule has 1 saturated carbocycles. The van der Waals surface area contributed by atoms with E-state index in [0.29, 0.717) is 42.6 Å². The maximum atomic E-state index is 15.5. The summed E-state index contributed by atoms with van der Waals surface area (Å²) in [5.41, 5.74) is 1.86. The van der Waals surface area contributed by atoms with Gasteiger partial charge in [0.1, 0.15) is 11.9 Å². The maximum Gasteiger partial charge on any atom is 0.252 e. The molecule has 0 aromatic heterocycles. The van der Waals surface area contributed by atoms with Gasteiger partial charge in [-0.2, -0.15) is 0 Å². The molecule has 0 bridgehead atoms. The highest BCUT2D eigenvalue weighted by Crippen LogP contribution is 2.46. The van der Waals surface area contributed by atoms with Crippen LogP contribution in [-0.4, -0.2) is 52.3 Å². The molecule has 2 heterocycles. The predicted molar refractivity (Wildman–Crippen MR) is 153 cm³/mol. The summed E-state index contributed by atoms with van der Waals surface area (Å²) in [6.07, 6.45) is 5.96. The SMILES string of the molecule is CC1CCC([C@H](NC(=O)c2cccc(NS(C)(=O)=O)c2)C(=O)Nc2cc(F)c3c(c2)NCC32CCOCC2)CC1. The van der Waals surface area contributed by atoms with Crippen LogP contribution in [0.2, 0.25) is 0 Å². The minimum Gasteiger partial charge on any atom is -0.384 e. The summed E-state index contributed by atoms with van der Waals surface area (Å²) in [7, 11) is -3.52. The minimum atomic E-state index is -3.52. The Kier molecular flexibility index (Phi) is 8.05. The van der Waals surface area contributed by atoms with Gasteiger partial charge in [-0.1, -0.05) is 25.8 Å². The topological polar surface area (TPSA) is 126 Å². The van der Waals surface area contributed by atoms with Gasteiger partial charge < -0.3 is 20.7 Å². The first-order valence-electron chi connectivity index (χ1n) is 13.9. The van der Waals surface area contributed by atoms with Crippen LogP contribution < -0.4 is 20.7 Å². The molecule has 40 heavy (non-hydrogen) atoms. The lowest BCUT2D eigenvalue weighted by Gasteiger charge is -2.33. The Morgan fingerprint density at radius 2 is 1.80 bits per heavy atom. The number of fused-ring (bicyclic) bond motifs is 2. The third kappa shape index (κ3) is 6.25. The lowest BCUT2D eigenvalue weighted by atomic mass is 9.75. The minimum absolute atomic E-state index is 0.0830. The number of anilines is 3. The van der Waals surface area contributed by atoms with Gasteiger partial charge in [0, 0.05) is 53.4 Å². The summed E-state index contributed by atoms with van der Waals surface area (Å²) in [5.74, 6) is -0.790. The summed E-state index contributed by atoms with van der Waals surface area (Å²) in [6.45, 7) is 3.99. The predicted octanol–water partition coefficient (Wildman–Crippen LogP) is 4.23. The highest BCUT2D eigenvalue weighted by Gasteiger charge is 2.43. The standard InChI is InChI=1S/C29H37FN4O5S/c1-18-6-8-19(9-7-18)26(33-27(35)20-4-3-5-21(14-20)34-40(2,37)38)28(36)32-22-15-23(30)25-24(16-22)31-17-29(25)10-12-39-13-11-29/h3-5,14-16,18-19,26,31,34H,6-13,17H2,1-2H3,(H,32,36)(H,33,35)/t18?,19?,26-/m0/s1. The molecule has 1 saturated heterocycles. The van der Waals surface area contributed by atoms with Gasteiger partial charge in [-0.3, -0.25) is 14.3 Å². The quantitative estimate of drug-likeness (QED) is 0.394. The normalized spacial score (nSPS) is 22.6. The van der Waals surface area contributed by atoms with E-state index < -0.39 is 27.9 Å². The van der Waals surface area contributed by atoms with E-state index in [9.17, 15) is 18.0 Å². The van der Waals surface area contributed by atoms with Gasteiger partial charge in [0.2, 0.25) is 15.9 Å². The Morgan fingerprint density at radius 1 is 1.07 bits per heavy atom. The number of carbonyl (C=O) groups excluding carboxylic acids is 2. The number of hydrogen-bond donors (Lipinski definition) is 4. The molecule has 1 atom stereocenters. The molecule has 216 valence electrons. The average Bonchev–Trinajstić information content (AvgIpc) is 3.25. The van der Waals surface area contributed by atoms with Crippen LogP contribution in [0.25, 0.3) is 0 Å². The smallest absolute Gasteiger partial charge is 0.252 e. The zero-order valence-corrected chi connectivity index (χ0v) is 23.7. The summed E-state index contributed by atoms with van der Waals surface area (Å²) in [4.78, 5) is 26.9. The van der Waals surface area contributed by atoms with Crippen molar-refractivity contribution in [3.05, 3.63) is 53.3 Å². The zero-order chi connectivity index (χ0) is 28.5. The monoisotopic (exact) mass is 572 g/mol. The summed E-state index contributed by atoms with van der Waals surface area (Å²) >= 11 is 0. The van der Waals surface area contributed by atoms with Crippen molar-refractivity contribution in [1.82, 2.24) is 5.32 Å². The summed E-state index contributed by atoms with van der Waals surface area (Å²) in [5, 5.41) is 9.07. The number of hydrogen-bond acceptors (Lipinski definition) is 6. The molecule has 1 spiro atoms. The van der Waals surface area contributed by atoms with Crippen LogP contribution in [0.1, 0.15) is 61.4 Å². The molecule has 1 aliphatic carbocycles. The Hall–Kier alpha value is -3.18. The third-order valence-electron chi connectivity index (χ3n) is 8.48. The van der Waals surface area contributed by atoms with E-state index in [2.05, 4.69) is 27.6 Å². The Morgan fingerprint density at radius 3 is 2.50 bits per heavy atom. The van der Waals surface area contributed by atoms with Crippen molar-refractivity contribution in [3.8, 4) is 0 Å². The molecule has 11 heteroatoms. The molecular formula is C29H37FN4O5S. The molecule has 2 aliphatic heterocycles. The molecule has 0 unspecified atom stereocenters. The summed E-state index contributed by atoms with van der Waals surface area (Å²) in [6, 6.07) is 8.41. The largest absolute Gasteiger partial charge is 0.384 e. The number of nitrogens with one attached hydrogen (secondary N) is 4. The van der Waals surface area contributed by atoms with Crippen molar-refractivity contribution in [2.24, 2.45) is 11.8 Å². The second-order valence-corrected chi connectivity index (χ2v) is 13.3. The number of amides is 2. The van der Waals surface area contributed by atoms with Gasteiger partial charge in [0.25, 0.3) is 5.91 Å². The molecule has 5 rings (SSSR count). The van der Waals surface area contributed by atoms with Gasteiger partial charge in [-0.05, 0) is 67.9 Å². The number of sulfonamides is 1. The van der Waals surface area contributed by atoms with Crippen LogP contribution in [0.15, 0.2) is 36.4 Å². The first-order chi connectivity index (χ1) is 19.0. The van der Waals surface area contributed by atoms with Crippen molar-refractivity contribution in [2.45, 2.75) is 56.9 Å². The average molecular weight is 573 g/mol. The van der Waals surface area contributed by atoms with Crippen molar-refractivity contribution in [1.29, 1.82) is 0 Å². The number of halogens is 1. The Bertz CT molecular complexity index is 1380. The molecule has 9 nitrogen and oxygen atoms in total. The Labute approximate surface area is 234 Å². The van der Waals surface area contributed by atoms with Crippen LogP contribution in [0.4, 0.5) is 21.5 Å². The number of ether oxygens (including phenoxy) is 1. The van der Waals surface area contributed by atoms with Gasteiger partial charge in [-0.15, -0.1) is 0 Å². The van der Waals surface area contributed by atoms with E-state index in [-0.39, 0.29) is 28.4 Å². The van der Waals surface area contributed by atoms with E-state index in [1.165, 1.54) is 12.1 Å². The van der Waals surface area contributed by atoms with E-state index in [4.69, 9.17) is 4.74 Å². The first kappa shape index (κ1) is 28.4. The van der Waals surface area contributed by atoms with Crippen LogP contribution in [0, 0.1) is 17.7 Å². The van der Waals surface area contributed by atoms with Crippen molar-refractivity contribution in [3.63, 3.8) is 0 Å². The molecule has 0 radical (unpaired) electrons. The fraction of sp³-hybridized carbons (Fsp3) is 0.517. The molecule has 2 aromatic rings. The first-order valence-corrected chi connectivity index (χ1v) is 15.8. The fourth-order valence-electron chi connectivity index (χ4n) is 6.30. The molecule has 3 aliphatic rings. The lowest BCUT2D eigenvalue weighted by molar-refractivity contribution is -0.119. The van der Waals surface area contributed by atoms with Crippen LogP contribution in [-0.2, 0) is 25.0 Å². The second-order valence-electron chi connectivity index (χ2n) is 11.5. The van der Waals surface area contributed by atoms with E-state index in [1.807, 2.05) is 0 Å². The van der Waals surface area contributed by atoms with Gasteiger partial charge in [0.05, 0.1) is 6.26 Å². The van der Waals surface area contributed by atoms with Gasteiger partial charge in [0.15, 0.2) is 0 Å². The highest BCUT2D eigenvalue weighted by atomic mass is 32.2. The fourth-order valence-corrected chi connectivity index (χ4v) is 6.85. The van der Waals surface area contributed by atoms with E-state index in [1.54, 1.807) is 24.3 Å². The van der Waals surface area contributed by atoms with Gasteiger partial charge >= 0.3 is 0 Å². The van der Waals surface area contributed by atoms with Crippen LogP contribution in [0.3, 0.4) is 0 Å². The molecular weight excluding hydrogens is 535 g/mol. The summed E-state index contributed by atoms with van der Waals surface area (Å²) < 4.78 is 46.6. The number of carbonyl (C=O) groups is 2. The molecule has 2 fully saturated rings. The van der Waals surface area contributed by atoms with E-state index in [0.717, 1.165) is 44.8 Å². The van der Waals surface area contributed by atoms with E-state index >= 15 is 4.39 Å². The lowest BCUT2D eigenvalue weighted by Crippen LogP contribution is -2.49. The van der Waals surface area contributed by atoms with Crippen LogP contribution >= 0.6 is 0 Å². The van der Waals surface area contributed by atoms with Crippen molar-refractivity contribution in [2.75, 3.05) is 41.4 Å². The molecule has 2 amide bonds. The van der Waals surface area contributed by atoms with Crippen molar-refractivity contribution >= 4 is 38.9 Å². The number of rotatable bonds is 7. The molecule has 2 aromatic carbocycles. The second kappa shape index (κ2) is 11.4. The maximum absolute atomic E-state index is 15.5. The zero-order valence-electron chi connectivity index (χ0n) is 22.9. The highest BCUT2D eigenvalue weighted by molar-refractivity contribution is 7.92. The van der Waals surface area contributed by atoms with Crippen molar-refractivity contribution < 1.29 is 27.1 Å². The van der Waals surface area contributed by atoms with Gasteiger partial charge in [-0.25, -0.2) is 12.8 Å². The third-order valence-corrected chi connectivity index (χ3v) is 9.09. The van der Waals surface area contributed by atoms with Crippen LogP contribution in [0.5, 0.6) is 0 Å². The Balaban J connectivity index is 1.36. The number of benzene rings is 2. The molecule has 4 N–H and O–H groups in total.